The van der Waals surface area contributed by atoms with Gasteiger partial charge in [-0.25, -0.2) is 0 Å². The molecular weight excluding hydrogens is 376 g/mol. The maximum Gasteiger partial charge on any atom is 0.259 e. The molecule has 6 heteroatoms. The molecule has 1 N–H and O–H groups in total. The highest BCUT2D eigenvalue weighted by atomic mass is 16.3. The van der Waals surface area contributed by atoms with Crippen LogP contribution in [0.15, 0.2) is 65.7 Å². The van der Waals surface area contributed by atoms with Crippen molar-refractivity contribution in [3.05, 3.63) is 88.1 Å². The van der Waals surface area contributed by atoms with Crippen LogP contribution in [0, 0.1) is 6.92 Å². The second-order valence-corrected chi connectivity index (χ2v) is 7.68. The van der Waals surface area contributed by atoms with Gasteiger partial charge in [0.15, 0.2) is 0 Å². The molecule has 3 aromatic rings. The second kappa shape index (κ2) is 8.71. The van der Waals surface area contributed by atoms with E-state index in [1.165, 1.54) is 5.69 Å². The molecule has 156 valence electrons. The third kappa shape index (κ3) is 3.83. The predicted molar refractivity (Wildman–Crippen MR) is 119 cm³/mol. The summed E-state index contributed by atoms with van der Waals surface area (Å²) in [6.45, 7) is 7.66. The summed E-state index contributed by atoms with van der Waals surface area (Å²) in [5.74, 6) is 0.0570. The Morgan fingerprint density at radius 3 is 2.43 bits per heavy atom. The molecule has 0 unspecified atom stereocenters. The molecule has 30 heavy (non-hydrogen) atoms. The lowest BCUT2D eigenvalue weighted by atomic mass is 9.97. The van der Waals surface area contributed by atoms with Gasteiger partial charge in [-0.2, -0.15) is 0 Å². The first kappa shape index (κ1) is 20.2. The minimum Gasteiger partial charge on any atom is -0.507 e. The van der Waals surface area contributed by atoms with Crippen LogP contribution in [0.5, 0.6) is 5.75 Å². The van der Waals surface area contributed by atoms with Crippen molar-refractivity contribution in [2.45, 2.75) is 26.4 Å². The Morgan fingerprint density at radius 1 is 1.07 bits per heavy atom. The standard InChI is InChI=1S/C24H28N4O2/c1-3-28-18(2)16-21(29)22(24(28)30)23(19-8-7-11-25-17-19)27-14-12-26(13-15-27)20-9-5-4-6-10-20/h4-11,16-17,23,29H,3,12-15H2,1-2H3/t23-/m0/s1. The van der Waals surface area contributed by atoms with Crippen LogP contribution in [0.3, 0.4) is 0 Å². The molecule has 0 aliphatic carbocycles. The molecular formula is C24H28N4O2. The van der Waals surface area contributed by atoms with Crippen LogP contribution in [0.4, 0.5) is 5.69 Å². The predicted octanol–water partition coefficient (Wildman–Crippen LogP) is 3.19. The van der Waals surface area contributed by atoms with E-state index in [9.17, 15) is 9.90 Å². The number of rotatable bonds is 5. The van der Waals surface area contributed by atoms with E-state index in [4.69, 9.17) is 0 Å². The van der Waals surface area contributed by atoms with E-state index in [0.717, 1.165) is 37.4 Å². The van der Waals surface area contributed by atoms with Crippen molar-refractivity contribution in [1.82, 2.24) is 14.5 Å². The summed E-state index contributed by atoms with van der Waals surface area (Å²) >= 11 is 0. The lowest BCUT2D eigenvalue weighted by Gasteiger charge is -2.40. The third-order valence-electron chi connectivity index (χ3n) is 5.91. The van der Waals surface area contributed by atoms with Crippen molar-refractivity contribution < 1.29 is 5.11 Å². The van der Waals surface area contributed by atoms with E-state index in [0.29, 0.717) is 12.1 Å². The van der Waals surface area contributed by atoms with Gasteiger partial charge in [0.1, 0.15) is 5.75 Å². The van der Waals surface area contributed by atoms with Crippen LogP contribution in [0.1, 0.15) is 29.8 Å². The minimum atomic E-state index is -0.331. The number of pyridine rings is 2. The number of aromatic hydroxyl groups is 1. The van der Waals surface area contributed by atoms with Crippen molar-refractivity contribution in [3.63, 3.8) is 0 Å². The van der Waals surface area contributed by atoms with Crippen LogP contribution >= 0.6 is 0 Å². The lowest BCUT2D eigenvalue weighted by molar-refractivity contribution is 0.207. The highest BCUT2D eigenvalue weighted by Crippen LogP contribution is 2.33. The van der Waals surface area contributed by atoms with E-state index < -0.39 is 0 Å². The summed E-state index contributed by atoms with van der Waals surface area (Å²) in [5.41, 5.74) is 3.20. The average molecular weight is 405 g/mol. The molecule has 2 aromatic heterocycles. The van der Waals surface area contributed by atoms with E-state index in [2.05, 4.69) is 39.0 Å². The van der Waals surface area contributed by atoms with Crippen molar-refractivity contribution in [1.29, 1.82) is 0 Å². The van der Waals surface area contributed by atoms with Crippen molar-refractivity contribution in [3.8, 4) is 5.75 Å². The monoisotopic (exact) mass is 404 g/mol. The molecule has 3 heterocycles. The maximum absolute atomic E-state index is 13.3. The van der Waals surface area contributed by atoms with Gasteiger partial charge >= 0.3 is 0 Å². The van der Waals surface area contributed by atoms with Crippen LogP contribution in [0.25, 0.3) is 0 Å². The Kier molecular flexibility index (Phi) is 5.86. The van der Waals surface area contributed by atoms with E-state index in [1.54, 1.807) is 23.0 Å². The highest BCUT2D eigenvalue weighted by Gasteiger charge is 2.31. The number of para-hydroxylation sites is 1. The first-order chi connectivity index (χ1) is 14.6. The number of aryl methyl sites for hydroxylation is 1. The number of benzene rings is 1. The number of piperazine rings is 1. The van der Waals surface area contributed by atoms with Gasteiger partial charge < -0.3 is 14.6 Å². The molecule has 1 fully saturated rings. The summed E-state index contributed by atoms with van der Waals surface area (Å²) in [5, 5.41) is 10.8. The van der Waals surface area contributed by atoms with Gasteiger partial charge in [0.05, 0.1) is 11.6 Å². The Bertz CT molecular complexity index is 1040. The first-order valence-corrected chi connectivity index (χ1v) is 10.5. The zero-order valence-electron chi connectivity index (χ0n) is 17.5. The van der Waals surface area contributed by atoms with Gasteiger partial charge in [0, 0.05) is 56.5 Å². The molecule has 1 aliphatic heterocycles. The van der Waals surface area contributed by atoms with E-state index >= 15 is 0 Å². The molecule has 0 amide bonds. The summed E-state index contributed by atoms with van der Waals surface area (Å²) in [6.07, 6.45) is 3.52. The zero-order chi connectivity index (χ0) is 21.1. The van der Waals surface area contributed by atoms with Crippen molar-refractivity contribution in [2.75, 3.05) is 31.1 Å². The number of anilines is 1. The largest absolute Gasteiger partial charge is 0.507 e. The summed E-state index contributed by atoms with van der Waals surface area (Å²) in [4.78, 5) is 22.2. The number of aromatic nitrogens is 2. The number of hydrogen-bond acceptors (Lipinski definition) is 5. The Morgan fingerprint density at radius 2 is 1.80 bits per heavy atom. The Hall–Kier alpha value is -3.12. The molecule has 1 saturated heterocycles. The average Bonchev–Trinajstić information content (AvgIpc) is 2.78. The van der Waals surface area contributed by atoms with Crippen molar-refractivity contribution >= 4 is 5.69 Å². The second-order valence-electron chi connectivity index (χ2n) is 7.68. The maximum atomic E-state index is 13.3. The Balaban J connectivity index is 1.71. The molecule has 0 spiro atoms. The summed E-state index contributed by atoms with van der Waals surface area (Å²) in [6, 6.07) is 15.6. The van der Waals surface area contributed by atoms with Gasteiger partial charge in [-0.15, -0.1) is 0 Å². The molecule has 1 atom stereocenters. The van der Waals surface area contributed by atoms with Crippen LogP contribution < -0.4 is 10.5 Å². The molecule has 4 rings (SSSR count). The fourth-order valence-electron chi connectivity index (χ4n) is 4.39. The first-order valence-electron chi connectivity index (χ1n) is 10.5. The van der Waals surface area contributed by atoms with Gasteiger partial charge in [0.25, 0.3) is 5.56 Å². The molecule has 1 aromatic carbocycles. The van der Waals surface area contributed by atoms with Crippen LogP contribution in [0.2, 0.25) is 0 Å². The fraction of sp³-hybridized carbons (Fsp3) is 0.333. The van der Waals surface area contributed by atoms with Gasteiger partial charge in [-0.3, -0.25) is 14.7 Å². The molecule has 6 nitrogen and oxygen atoms in total. The van der Waals surface area contributed by atoms with Crippen molar-refractivity contribution in [2.24, 2.45) is 0 Å². The number of hydrogen-bond donors (Lipinski definition) is 1. The van der Waals surface area contributed by atoms with Gasteiger partial charge in [-0.1, -0.05) is 24.3 Å². The SMILES string of the molecule is CCn1c(C)cc(O)c([C@H](c2cccnc2)N2CCN(c3ccccc3)CC2)c1=O. The zero-order valence-corrected chi connectivity index (χ0v) is 17.5. The summed E-state index contributed by atoms with van der Waals surface area (Å²) < 4.78 is 1.72. The Labute approximate surface area is 177 Å². The molecule has 0 saturated carbocycles. The third-order valence-corrected chi connectivity index (χ3v) is 5.91. The van der Waals surface area contributed by atoms with Crippen LogP contribution in [-0.4, -0.2) is 45.7 Å². The normalized spacial score (nSPS) is 15.9. The topological polar surface area (TPSA) is 61.6 Å². The van der Waals surface area contributed by atoms with E-state index in [-0.39, 0.29) is 17.4 Å². The molecule has 0 radical (unpaired) electrons. The van der Waals surface area contributed by atoms with Gasteiger partial charge in [-0.05, 0) is 43.7 Å². The highest BCUT2D eigenvalue weighted by molar-refractivity contribution is 5.47. The van der Waals surface area contributed by atoms with Gasteiger partial charge in [0.2, 0.25) is 0 Å². The fourth-order valence-corrected chi connectivity index (χ4v) is 4.39. The molecule has 0 bridgehead atoms. The number of nitrogens with zero attached hydrogens (tertiary/aromatic N) is 4. The smallest absolute Gasteiger partial charge is 0.259 e. The lowest BCUT2D eigenvalue weighted by Crippen LogP contribution is -2.49. The molecule has 1 aliphatic rings. The van der Waals surface area contributed by atoms with E-state index in [1.807, 2.05) is 32.0 Å². The minimum absolute atomic E-state index is 0.0570. The quantitative estimate of drug-likeness (QED) is 0.708. The summed E-state index contributed by atoms with van der Waals surface area (Å²) in [7, 11) is 0. The van der Waals surface area contributed by atoms with Crippen LogP contribution in [-0.2, 0) is 6.54 Å².